The minimum absolute atomic E-state index is 0.0285. The van der Waals surface area contributed by atoms with E-state index in [0.717, 1.165) is 31.8 Å². The third kappa shape index (κ3) is 4.59. The van der Waals surface area contributed by atoms with E-state index in [2.05, 4.69) is 27.7 Å². The summed E-state index contributed by atoms with van der Waals surface area (Å²) in [4.78, 5) is 12.6. The molecule has 3 atom stereocenters. The Balaban J connectivity index is 1.56. The first-order valence-electron chi connectivity index (χ1n) is 9.88. The molecule has 4 nitrogen and oxygen atoms in total. The van der Waals surface area contributed by atoms with Gasteiger partial charge in [-0.3, -0.25) is 0 Å². The van der Waals surface area contributed by atoms with Crippen molar-refractivity contribution in [1.82, 2.24) is 0 Å². The van der Waals surface area contributed by atoms with Gasteiger partial charge in [-0.25, -0.2) is 4.79 Å². The van der Waals surface area contributed by atoms with Crippen molar-refractivity contribution in [2.24, 2.45) is 23.2 Å². The maximum Gasteiger partial charge on any atom is 0.338 e. The number of carbonyl (C=O) groups excluding carboxylic acids is 1. The fourth-order valence-electron chi connectivity index (χ4n) is 3.93. The number of benzene rings is 1. The Labute approximate surface area is 157 Å². The van der Waals surface area contributed by atoms with Crippen molar-refractivity contribution in [2.45, 2.75) is 53.1 Å². The smallest absolute Gasteiger partial charge is 0.338 e. The number of carbonyl (C=O) groups is 1. The highest BCUT2D eigenvalue weighted by Crippen LogP contribution is 2.35. The molecule has 0 spiro atoms. The molecule has 0 amide bonds. The molecule has 1 saturated carbocycles. The second-order valence-corrected chi connectivity index (χ2v) is 8.89. The van der Waals surface area contributed by atoms with Crippen molar-refractivity contribution < 1.29 is 19.0 Å². The Morgan fingerprint density at radius 1 is 1.23 bits per heavy atom. The fourth-order valence-corrected chi connectivity index (χ4v) is 3.93. The maximum atomic E-state index is 12.6. The van der Waals surface area contributed by atoms with Crippen molar-refractivity contribution in [1.29, 1.82) is 0 Å². The van der Waals surface area contributed by atoms with Gasteiger partial charge in [-0.05, 0) is 54.9 Å². The lowest BCUT2D eigenvalue weighted by Gasteiger charge is -2.37. The first kappa shape index (κ1) is 19.2. The normalized spacial score (nSPS) is 27.7. The van der Waals surface area contributed by atoms with E-state index >= 15 is 0 Å². The molecule has 1 aliphatic heterocycles. The molecule has 2 aliphatic rings. The van der Waals surface area contributed by atoms with E-state index in [1.54, 1.807) is 12.1 Å². The molecule has 1 aromatic rings. The van der Waals surface area contributed by atoms with Crippen molar-refractivity contribution >= 4 is 5.97 Å². The van der Waals surface area contributed by atoms with Gasteiger partial charge < -0.3 is 14.2 Å². The highest BCUT2D eigenvalue weighted by atomic mass is 16.5. The Morgan fingerprint density at radius 2 is 1.92 bits per heavy atom. The van der Waals surface area contributed by atoms with Crippen molar-refractivity contribution in [2.75, 3.05) is 19.8 Å². The van der Waals surface area contributed by atoms with E-state index in [1.807, 2.05) is 12.1 Å². The van der Waals surface area contributed by atoms with Crippen LogP contribution in [0.15, 0.2) is 24.3 Å². The summed E-state index contributed by atoms with van der Waals surface area (Å²) in [7, 11) is 0. The topological polar surface area (TPSA) is 44.8 Å². The SMILES string of the molecule is CC1CCC(C(C)C)C(OC(=O)c2ccc(OCC3(C)COC3)cc2)C1. The van der Waals surface area contributed by atoms with Crippen molar-refractivity contribution in [3.8, 4) is 5.75 Å². The van der Waals surface area contributed by atoms with E-state index in [1.165, 1.54) is 6.42 Å². The molecule has 1 aromatic carbocycles. The summed E-state index contributed by atoms with van der Waals surface area (Å²) in [5, 5.41) is 0. The van der Waals surface area contributed by atoms with Crippen molar-refractivity contribution in [3.05, 3.63) is 29.8 Å². The first-order chi connectivity index (χ1) is 12.4. The van der Waals surface area contributed by atoms with Gasteiger partial charge in [0.15, 0.2) is 0 Å². The second kappa shape index (κ2) is 7.99. The highest BCUT2D eigenvalue weighted by molar-refractivity contribution is 5.89. The maximum absolute atomic E-state index is 12.6. The minimum atomic E-state index is -0.222. The molecule has 144 valence electrons. The zero-order valence-corrected chi connectivity index (χ0v) is 16.5. The van der Waals surface area contributed by atoms with Crippen LogP contribution in [-0.2, 0) is 9.47 Å². The van der Waals surface area contributed by atoms with Gasteiger partial charge in [0.05, 0.1) is 25.4 Å². The van der Waals surface area contributed by atoms with E-state index in [9.17, 15) is 4.79 Å². The van der Waals surface area contributed by atoms with Crippen LogP contribution in [0.3, 0.4) is 0 Å². The molecule has 0 bridgehead atoms. The van der Waals surface area contributed by atoms with E-state index in [-0.39, 0.29) is 17.5 Å². The van der Waals surface area contributed by atoms with Gasteiger partial charge in [0.25, 0.3) is 0 Å². The molecule has 1 heterocycles. The van der Waals surface area contributed by atoms with E-state index < -0.39 is 0 Å². The molecule has 0 N–H and O–H groups in total. The van der Waals surface area contributed by atoms with Gasteiger partial charge >= 0.3 is 5.97 Å². The number of esters is 1. The van der Waals surface area contributed by atoms with Crippen LogP contribution in [-0.4, -0.2) is 31.9 Å². The quantitative estimate of drug-likeness (QED) is 0.689. The average molecular weight is 360 g/mol. The minimum Gasteiger partial charge on any atom is -0.493 e. The van der Waals surface area contributed by atoms with Crippen LogP contribution in [0.25, 0.3) is 0 Å². The fraction of sp³-hybridized carbons (Fsp3) is 0.682. The van der Waals surface area contributed by atoms with Gasteiger partial charge in [0.2, 0.25) is 0 Å². The molecule has 0 aromatic heterocycles. The predicted molar refractivity (Wildman–Crippen MR) is 101 cm³/mol. The standard InChI is InChI=1S/C22H32O4/c1-15(2)19-10-5-16(3)11-20(19)26-21(23)17-6-8-18(9-7-17)25-14-22(4)12-24-13-22/h6-9,15-16,19-20H,5,10-14H2,1-4H3. The summed E-state index contributed by atoms with van der Waals surface area (Å²) in [6.07, 6.45) is 3.37. The Morgan fingerprint density at radius 3 is 2.50 bits per heavy atom. The molecule has 1 aliphatic carbocycles. The molecule has 1 saturated heterocycles. The van der Waals surface area contributed by atoms with E-state index in [4.69, 9.17) is 14.2 Å². The van der Waals surface area contributed by atoms with Gasteiger partial charge in [-0.15, -0.1) is 0 Å². The lowest BCUT2D eigenvalue weighted by molar-refractivity contribution is -0.120. The van der Waals surface area contributed by atoms with Crippen LogP contribution >= 0.6 is 0 Å². The summed E-state index contributed by atoms with van der Waals surface area (Å²) in [6, 6.07) is 7.30. The van der Waals surface area contributed by atoms with Crippen LogP contribution in [0, 0.1) is 23.2 Å². The number of rotatable bonds is 6. The summed E-state index contributed by atoms with van der Waals surface area (Å²) in [5.74, 6) is 2.17. The average Bonchev–Trinajstić information content (AvgIpc) is 2.58. The van der Waals surface area contributed by atoms with Gasteiger partial charge in [-0.2, -0.15) is 0 Å². The lowest BCUT2D eigenvalue weighted by atomic mass is 9.75. The second-order valence-electron chi connectivity index (χ2n) is 8.89. The molecule has 3 unspecified atom stereocenters. The zero-order chi connectivity index (χ0) is 18.7. The number of hydrogen-bond acceptors (Lipinski definition) is 4. The molecule has 2 fully saturated rings. The number of ether oxygens (including phenoxy) is 3. The zero-order valence-electron chi connectivity index (χ0n) is 16.5. The molecule has 4 heteroatoms. The molecule has 3 rings (SSSR count). The molecular formula is C22H32O4. The Bertz CT molecular complexity index is 603. The van der Waals surface area contributed by atoms with Gasteiger partial charge in [-0.1, -0.05) is 34.1 Å². The lowest BCUT2D eigenvalue weighted by Crippen LogP contribution is -2.44. The summed E-state index contributed by atoms with van der Waals surface area (Å²) in [5.41, 5.74) is 0.706. The van der Waals surface area contributed by atoms with Crippen LogP contribution in [0.4, 0.5) is 0 Å². The van der Waals surface area contributed by atoms with Gasteiger partial charge in [0.1, 0.15) is 11.9 Å². The molecular weight excluding hydrogens is 328 g/mol. The Hall–Kier alpha value is -1.55. The monoisotopic (exact) mass is 360 g/mol. The molecule has 0 radical (unpaired) electrons. The Kier molecular flexibility index (Phi) is 5.91. The van der Waals surface area contributed by atoms with Crippen LogP contribution < -0.4 is 4.74 Å². The highest BCUT2D eigenvalue weighted by Gasteiger charge is 2.35. The third-order valence-corrected chi connectivity index (χ3v) is 5.80. The van der Waals surface area contributed by atoms with Gasteiger partial charge in [0, 0.05) is 5.41 Å². The van der Waals surface area contributed by atoms with Crippen LogP contribution in [0.2, 0.25) is 0 Å². The first-order valence-corrected chi connectivity index (χ1v) is 9.88. The van der Waals surface area contributed by atoms with E-state index in [0.29, 0.717) is 29.9 Å². The summed E-state index contributed by atoms with van der Waals surface area (Å²) in [6.45, 7) is 11.0. The van der Waals surface area contributed by atoms with Crippen LogP contribution in [0.1, 0.15) is 57.3 Å². The summed E-state index contributed by atoms with van der Waals surface area (Å²) < 4.78 is 17.0. The predicted octanol–water partition coefficient (Wildman–Crippen LogP) is 4.72. The van der Waals surface area contributed by atoms with Crippen LogP contribution in [0.5, 0.6) is 5.75 Å². The van der Waals surface area contributed by atoms with Crippen molar-refractivity contribution in [3.63, 3.8) is 0 Å². The summed E-state index contributed by atoms with van der Waals surface area (Å²) >= 11 is 0. The number of hydrogen-bond donors (Lipinski definition) is 0. The third-order valence-electron chi connectivity index (χ3n) is 5.80. The molecule has 26 heavy (non-hydrogen) atoms. The largest absolute Gasteiger partial charge is 0.493 e.